The first kappa shape index (κ1) is 13.0. The van der Waals surface area contributed by atoms with Crippen LogP contribution in [0.4, 0.5) is 11.4 Å². The van der Waals surface area contributed by atoms with E-state index in [1.807, 2.05) is 31.1 Å². The number of anilines is 2. The van der Waals surface area contributed by atoms with Crippen molar-refractivity contribution in [2.24, 2.45) is 0 Å². The van der Waals surface area contributed by atoms with Crippen molar-refractivity contribution in [1.82, 2.24) is 5.32 Å². The monoisotopic (exact) mass is 259 g/mol. The first-order valence-electron chi connectivity index (χ1n) is 5.94. The van der Waals surface area contributed by atoms with Crippen LogP contribution in [0.5, 0.6) is 0 Å². The molecule has 3 N–H and O–H groups in total. The third kappa shape index (κ3) is 3.07. The summed E-state index contributed by atoms with van der Waals surface area (Å²) in [4.78, 5) is 14.1. The predicted octanol–water partition coefficient (Wildman–Crippen LogP) is 1.86. The fourth-order valence-electron chi connectivity index (χ4n) is 1.80. The number of rotatable bonds is 4. The Hall–Kier alpha value is -2.43. The number of carbonyl (C=O) groups is 1. The van der Waals surface area contributed by atoms with E-state index in [-0.39, 0.29) is 5.91 Å². The van der Waals surface area contributed by atoms with Crippen LogP contribution in [0, 0.1) is 0 Å². The van der Waals surface area contributed by atoms with Crippen LogP contribution in [0.15, 0.2) is 41.2 Å². The Kier molecular flexibility index (Phi) is 3.75. The summed E-state index contributed by atoms with van der Waals surface area (Å²) in [6, 6.07) is 7.11. The number of nitrogens with one attached hydrogen (secondary N) is 1. The second kappa shape index (κ2) is 5.48. The van der Waals surface area contributed by atoms with Crippen molar-refractivity contribution >= 4 is 17.3 Å². The highest BCUT2D eigenvalue weighted by Crippen LogP contribution is 2.21. The topological polar surface area (TPSA) is 71.5 Å². The molecule has 0 radical (unpaired) electrons. The van der Waals surface area contributed by atoms with E-state index in [1.54, 1.807) is 24.7 Å². The quantitative estimate of drug-likeness (QED) is 0.822. The number of carbonyl (C=O) groups excluding carboxylic acids is 1. The average molecular weight is 259 g/mol. The van der Waals surface area contributed by atoms with Gasteiger partial charge in [-0.2, -0.15) is 0 Å². The zero-order valence-corrected chi connectivity index (χ0v) is 11.0. The van der Waals surface area contributed by atoms with Gasteiger partial charge in [0.1, 0.15) is 0 Å². The number of furan rings is 1. The number of nitrogen functional groups attached to an aromatic ring is 1. The number of hydrogen-bond acceptors (Lipinski definition) is 4. The molecule has 2 aromatic rings. The molecule has 1 aromatic heterocycles. The lowest BCUT2D eigenvalue weighted by Crippen LogP contribution is -2.25. The van der Waals surface area contributed by atoms with Crippen molar-refractivity contribution in [3.05, 3.63) is 47.9 Å². The summed E-state index contributed by atoms with van der Waals surface area (Å²) in [5, 5.41) is 2.84. The minimum Gasteiger partial charge on any atom is -0.472 e. The summed E-state index contributed by atoms with van der Waals surface area (Å²) in [6.45, 7) is 0.428. The van der Waals surface area contributed by atoms with E-state index in [0.29, 0.717) is 17.8 Å². The van der Waals surface area contributed by atoms with E-state index >= 15 is 0 Å². The molecule has 0 fully saturated rings. The lowest BCUT2D eigenvalue weighted by molar-refractivity contribution is 0.0951. The summed E-state index contributed by atoms with van der Waals surface area (Å²) in [5.41, 5.74) is 8.63. The molecular weight excluding hydrogens is 242 g/mol. The maximum absolute atomic E-state index is 12.2. The minimum atomic E-state index is -0.155. The highest BCUT2D eigenvalue weighted by Gasteiger charge is 2.13. The van der Waals surface area contributed by atoms with Crippen LogP contribution < -0.4 is 16.0 Å². The Morgan fingerprint density at radius 2 is 2.16 bits per heavy atom. The molecule has 0 saturated carbocycles. The second-order valence-electron chi connectivity index (χ2n) is 4.49. The van der Waals surface area contributed by atoms with Gasteiger partial charge in [0.25, 0.3) is 5.91 Å². The van der Waals surface area contributed by atoms with Crippen LogP contribution in [0.1, 0.15) is 15.9 Å². The molecule has 1 heterocycles. The molecule has 1 amide bonds. The Morgan fingerprint density at radius 3 is 2.79 bits per heavy atom. The zero-order chi connectivity index (χ0) is 13.8. The van der Waals surface area contributed by atoms with Crippen LogP contribution >= 0.6 is 0 Å². The van der Waals surface area contributed by atoms with E-state index < -0.39 is 0 Å². The summed E-state index contributed by atoms with van der Waals surface area (Å²) >= 11 is 0. The van der Waals surface area contributed by atoms with Crippen LogP contribution in [0.25, 0.3) is 0 Å². The van der Waals surface area contributed by atoms with Gasteiger partial charge >= 0.3 is 0 Å². The van der Waals surface area contributed by atoms with E-state index in [1.165, 1.54) is 0 Å². The highest BCUT2D eigenvalue weighted by molar-refractivity contribution is 6.00. The van der Waals surface area contributed by atoms with Gasteiger partial charge in [-0.3, -0.25) is 4.79 Å². The van der Waals surface area contributed by atoms with Crippen molar-refractivity contribution in [3.8, 4) is 0 Å². The maximum Gasteiger partial charge on any atom is 0.253 e. The molecule has 0 unspecified atom stereocenters. The number of nitrogens with zero attached hydrogens (tertiary/aromatic N) is 1. The molecule has 2 rings (SSSR count). The first-order chi connectivity index (χ1) is 9.08. The molecule has 5 nitrogen and oxygen atoms in total. The molecule has 0 atom stereocenters. The van der Waals surface area contributed by atoms with Crippen LogP contribution in [-0.2, 0) is 6.54 Å². The molecule has 1 aromatic carbocycles. The first-order valence-corrected chi connectivity index (χ1v) is 5.94. The molecule has 0 aliphatic heterocycles. The van der Waals surface area contributed by atoms with Crippen molar-refractivity contribution in [2.75, 3.05) is 24.7 Å². The molecule has 100 valence electrons. The molecular formula is C14H17N3O2. The number of nitrogens with two attached hydrogens (primary N) is 1. The van der Waals surface area contributed by atoms with Crippen molar-refractivity contribution in [3.63, 3.8) is 0 Å². The van der Waals surface area contributed by atoms with Gasteiger partial charge in [0.05, 0.1) is 18.1 Å². The summed E-state index contributed by atoms with van der Waals surface area (Å²) in [5.74, 6) is -0.155. The maximum atomic E-state index is 12.2. The lowest BCUT2D eigenvalue weighted by Gasteiger charge is -2.17. The predicted molar refractivity (Wildman–Crippen MR) is 75.1 cm³/mol. The third-order valence-corrected chi connectivity index (χ3v) is 2.78. The molecule has 0 bridgehead atoms. The fraction of sp³-hybridized carbons (Fsp3) is 0.214. The Morgan fingerprint density at radius 1 is 1.37 bits per heavy atom. The van der Waals surface area contributed by atoms with Gasteiger partial charge in [-0.15, -0.1) is 0 Å². The van der Waals surface area contributed by atoms with Crippen LogP contribution in [0.3, 0.4) is 0 Å². The number of amides is 1. The molecule has 0 aliphatic rings. The van der Waals surface area contributed by atoms with Crippen LogP contribution in [0.2, 0.25) is 0 Å². The third-order valence-electron chi connectivity index (χ3n) is 2.78. The van der Waals surface area contributed by atoms with Crippen molar-refractivity contribution in [1.29, 1.82) is 0 Å². The molecule has 19 heavy (non-hydrogen) atoms. The molecule has 0 saturated heterocycles. The average Bonchev–Trinajstić information content (AvgIpc) is 2.88. The van der Waals surface area contributed by atoms with E-state index in [9.17, 15) is 4.79 Å². The van der Waals surface area contributed by atoms with Gasteiger partial charge in [0, 0.05) is 37.6 Å². The number of benzene rings is 1. The van der Waals surface area contributed by atoms with Gasteiger partial charge in [-0.25, -0.2) is 0 Å². The van der Waals surface area contributed by atoms with Gasteiger partial charge in [0.15, 0.2) is 0 Å². The van der Waals surface area contributed by atoms with Gasteiger partial charge in [-0.1, -0.05) is 0 Å². The van der Waals surface area contributed by atoms with Gasteiger partial charge in [0.2, 0.25) is 0 Å². The molecule has 0 aliphatic carbocycles. The summed E-state index contributed by atoms with van der Waals surface area (Å²) in [7, 11) is 3.77. The molecule has 5 heteroatoms. The van der Waals surface area contributed by atoms with Gasteiger partial charge in [-0.05, 0) is 24.3 Å². The largest absolute Gasteiger partial charge is 0.472 e. The Bertz CT molecular complexity index is 562. The molecule has 0 spiro atoms. The van der Waals surface area contributed by atoms with Crippen LogP contribution in [-0.4, -0.2) is 20.0 Å². The van der Waals surface area contributed by atoms with E-state index in [2.05, 4.69) is 5.32 Å². The number of hydrogen-bond donors (Lipinski definition) is 2. The van der Waals surface area contributed by atoms with Gasteiger partial charge < -0.3 is 20.4 Å². The SMILES string of the molecule is CN(C)c1ccc(N)cc1C(=O)NCc1ccoc1. The van der Waals surface area contributed by atoms with Crippen molar-refractivity contribution in [2.45, 2.75) is 6.54 Å². The lowest BCUT2D eigenvalue weighted by atomic mass is 10.1. The summed E-state index contributed by atoms with van der Waals surface area (Å²) in [6.07, 6.45) is 3.18. The summed E-state index contributed by atoms with van der Waals surface area (Å²) < 4.78 is 4.95. The Labute approximate surface area is 112 Å². The smallest absolute Gasteiger partial charge is 0.253 e. The standard InChI is InChI=1S/C14H17N3O2/c1-17(2)13-4-3-11(15)7-12(13)14(18)16-8-10-5-6-19-9-10/h3-7,9H,8,15H2,1-2H3,(H,16,18). The van der Waals surface area contributed by atoms with Crippen molar-refractivity contribution < 1.29 is 9.21 Å². The minimum absolute atomic E-state index is 0.155. The van der Waals surface area contributed by atoms with E-state index in [4.69, 9.17) is 10.2 Å². The Balaban J connectivity index is 2.16. The normalized spacial score (nSPS) is 10.2. The fourth-order valence-corrected chi connectivity index (χ4v) is 1.80. The highest BCUT2D eigenvalue weighted by atomic mass is 16.3. The second-order valence-corrected chi connectivity index (χ2v) is 4.49. The zero-order valence-electron chi connectivity index (χ0n) is 11.0. The van der Waals surface area contributed by atoms with E-state index in [0.717, 1.165) is 11.3 Å².